The van der Waals surface area contributed by atoms with Crippen molar-refractivity contribution >= 4 is 64.4 Å². The van der Waals surface area contributed by atoms with Crippen LogP contribution in [0.25, 0.3) is 6.08 Å². The van der Waals surface area contributed by atoms with Gasteiger partial charge in [0.25, 0.3) is 17.7 Å². The van der Waals surface area contributed by atoms with Gasteiger partial charge in [-0.05, 0) is 67.4 Å². The number of rotatable bonds is 6. The topological polar surface area (TPSA) is 105 Å². The summed E-state index contributed by atoms with van der Waals surface area (Å²) in [5, 5.41) is 5.35. The monoisotopic (exact) mass is 537 g/mol. The molecule has 1 fully saturated rings. The third-order valence-corrected chi connectivity index (χ3v) is 6.20. The van der Waals surface area contributed by atoms with E-state index in [4.69, 9.17) is 27.9 Å². The molecule has 10 heteroatoms. The van der Waals surface area contributed by atoms with Crippen LogP contribution in [0.3, 0.4) is 0 Å². The molecule has 0 atom stereocenters. The van der Waals surface area contributed by atoms with E-state index >= 15 is 0 Å². The number of barbiturate groups is 1. The molecule has 5 amide bonds. The van der Waals surface area contributed by atoms with Crippen molar-refractivity contribution < 1.29 is 23.9 Å². The van der Waals surface area contributed by atoms with Crippen LogP contribution in [0.15, 0.2) is 66.2 Å². The highest BCUT2D eigenvalue weighted by molar-refractivity contribution is 6.43. The molecule has 3 aromatic carbocycles. The van der Waals surface area contributed by atoms with Crippen LogP contribution in [-0.4, -0.2) is 30.4 Å². The van der Waals surface area contributed by atoms with Gasteiger partial charge in [-0.3, -0.25) is 19.7 Å². The lowest BCUT2D eigenvalue weighted by atomic mass is 10.1. The Labute approximate surface area is 222 Å². The second-order valence-corrected chi connectivity index (χ2v) is 9.10. The smallest absolute Gasteiger partial charge is 0.335 e. The lowest BCUT2D eigenvalue weighted by Crippen LogP contribution is -2.54. The molecule has 0 radical (unpaired) electrons. The van der Waals surface area contributed by atoms with Crippen LogP contribution >= 0.6 is 23.2 Å². The molecule has 0 unspecified atom stereocenters. The number of imide groups is 2. The van der Waals surface area contributed by atoms with Crippen LogP contribution in [0.5, 0.6) is 5.75 Å². The van der Waals surface area contributed by atoms with Gasteiger partial charge in [-0.25, -0.2) is 9.69 Å². The molecule has 2 N–H and O–H groups in total. The lowest BCUT2D eigenvalue weighted by Gasteiger charge is -2.26. The molecule has 3 aromatic rings. The second kappa shape index (κ2) is 10.9. The summed E-state index contributed by atoms with van der Waals surface area (Å²) in [4.78, 5) is 51.1. The molecule has 0 aromatic heterocycles. The number of hydrogen-bond donors (Lipinski definition) is 2. The first-order valence-electron chi connectivity index (χ1n) is 11.1. The van der Waals surface area contributed by atoms with Gasteiger partial charge < -0.3 is 10.1 Å². The highest BCUT2D eigenvalue weighted by Gasteiger charge is 2.37. The molecule has 0 spiro atoms. The zero-order valence-corrected chi connectivity index (χ0v) is 21.3. The SMILES string of the molecule is Cc1ccc(NC(=O)COc2cccc(/C=C3/C(=O)NC(=O)N(c4ccc(Cl)c(Cl)c4)C3=O)c2)c(C)c1. The van der Waals surface area contributed by atoms with Crippen LogP contribution in [0, 0.1) is 13.8 Å². The predicted molar refractivity (Wildman–Crippen MR) is 142 cm³/mol. The number of nitrogens with one attached hydrogen (secondary N) is 2. The van der Waals surface area contributed by atoms with Gasteiger partial charge in [0.05, 0.1) is 15.7 Å². The predicted octanol–water partition coefficient (Wildman–Crippen LogP) is 5.29. The van der Waals surface area contributed by atoms with Crippen molar-refractivity contribution in [3.8, 4) is 5.75 Å². The molecule has 1 aliphatic heterocycles. The highest BCUT2D eigenvalue weighted by atomic mass is 35.5. The maximum absolute atomic E-state index is 13.1. The van der Waals surface area contributed by atoms with Gasteiger partial charge in [-0.2, -0.15) is 0 Å². The van der Waals surface area contributed by atoms with E-state index in [0.717, 1.165) is 16.0 Å². The Balaban J connectivity index is 1.49. The van der Waals surface area contributed by atoms with Crippen LogP contribution in [0.4, 0.5) is 16.2 Å². The Kier molecular flexibility index (Phi) is 7.61. The highest BCUT2D eigenvalue weighted by Crippen LogP contribution is 2.29. The Hall–Kier alpha value is -4.14. The van der Waals surface area contributed by atoms with Gasteiger partial charge in [0.1, 0.15) is 11.3 Å². The summed E-state index contributed by atoms with van der Waals surface area (Å²) >= 11 is 12.0. The summed E-state index contributed by atoms with van der Waals surface area (Å²) in [6.07, 6.45) is 1.33. The van der Waals surface area contributed by atoms with E-state index in [9.17, 15) is 19.2 Å². The first kappa shape index (κ1) is 25.9. The quantitative estimate of drug-likeness (QED) is 0.328. The molecular weight excluding hydrogens is 517 g/mol. The van der Waals surface area contributed by atoms with E-state index in [1.165, 1.54) is 24.3 Å². The number of anilines is 2. The van der Waals surface area contributed by atoms with Crippen molar-refractivity contribution in [3.05, 3.63) is 93.0 Å². The summed E-state index contributed by atoms with van der Waals surface area (Å²) < 4.78 is 5.60. The van der Waals surface area contributed by atoms with Crippen LogP contribution < -0.4 is 20.3 Å². The minimum atomic E-state index is -0.905. The normalized spacial score (nSPS) is 14.5. The first-order chi connectivity index (χ1) is 17.6. The van der Waals surface area contributed by atoms with E-state index in [2.05, 4.69) is 10.6 Å². The van der Waals surface area contributed by atoms with Gasteiger partial charge >= 0.3 is 6.03 Å². The summed E-state index contributed by atoms with van der Waals surface area (Å²) in [6.45, 7) is 3.63. The van der Waals surface area contributed by atoms with Crippen molar-refractivity contribution in [2.75, 3.05) is 16.8 Å². The molecule has 0 aliphatic carbocycles. The minimum Gasteiger partial charge on any atom is -0.484 e. The summed E-state index contributed by atoms with van der Waals surface area (Å²) in [5.74, 6) is -1.66. The van der Waals surface area contributed by atoms with Crippen molar-refractivity contribution in [2.24, 2.45) is 0 Å². The van der Waals surface area contributed by atoms with Gasteiger partial charge in [0.2, 0.25) is 0 Å². The van der Waals surface area contributed by atoms with E-state index < -0.39 is 17.8 Å². The largest absolute Gasteiger partial charge is 0.484 e. The van der Waals surface area contributed by atoms with E-state index in [1.807, 2.05) is 32.0 Å². The maximum atomic E-state index is 13.1. The zero-order chi connectivity index (χ0) is 26.7. The lowest BCUT2D eigenvalue weighted by molar-refractivity contribution is -0.122. The maximum Gasteiger partial charge on any atom is 0.335 e. The molecule has 8 nitrogen and oxygen atoms in total. The van der Waals surface area contributed by atoms with Crippen molar-refractivity contribution in [3.63, 3.8) is 0 Å². The molecule has 1 heterocycles. The molecular formula is C27H21Cl2N3O5. The minimum absolute atomic E-state index is 0.147. The van der Waals surface area contributed by atoms with Gasteiger partial charge in [-0.15, -0.1) is 0 Å². The average Bonchev–Trinajstić information content (AvgIpc) is 2.84. The fourth-order valence-corrected chi connectivity index (χ4v) is 3.96. The van der Waals surface area contributed by atoms with Crippen molar-refractivity contribution in [1.82, 2.24) is 5.32 Å². The fourth-order valence-electron chi connectivity index (χ4n) is 3.67. The molecule has 188 valence electrons. The molecule has 1 saturated heterocycles. The van der Waals surface area contributed by atoms with Gasteiger partial charge in [0.15, 0.2) is 6.61 Å². The van der Waals surface area contributed by atoms with Crippen LogP contribution in [0.1, 0.15) is 16.7 Å². The number of halogens is 2. The fraction of sp³-hybridized carbons (Fsp3) is 0.111. The zero-order valence-electron chi connectivity index (χ0n) is 19.8. The number of amides is 5. The number of urea groups is 1. The number of hydrogen-bond acceptors (Lipinski definition) is 5. The Morgan fingerprint density at radius 2 is 1.78 bits per heavy atom. The molecule has 0 bridgehead atoms. The van der Waals surface area contributed by atoms with Gasteiger partial charge in [-0.1, -0.05) is 53.0 Å². The summed E-state index contributed by atoms with van der Waals surface area (Å²) in [7, 11) is 0. The summed E-state index contributed by atoms with van der Waals surface area (Å²) in [6, 6.07) is 15.5. The molecule has 37 heavy (non-hydrogen) atoms. The van der Waals surface area contributed by atoms with E-state index in [0.29, 0.717) is 17.0 Å². The number of nitrogens with zero attached hydrogens (tertiary/aromatic N) is 1. The number of benzene rings is 3. The molecule has 0 saturated carbocycles. The standard InChI is InChI=1S/C27H21Cl2N3O5/c1-15-6-9-23(16(2)10-15)30-24(33)14-37-19-5-3-4-17(11-19)12-20-25(34)31-27(36)32(26(20)35)18-7-8-21(28)22(29)13-18/h3-13H,14H2,1-2H3,(H,30,33)(H,31,34,36)/b20-12-. The number of aryl methyl sites for hydroxylation is 2. The number of ether oxygens (including phenoxy) is 1. The Bertz CT molecular complexity index is 1470. The molecule has 4 rings (SSSR count). The Morgan fingerprint density at radius 3 is 2.51 bits per heavy atom. The van der Waals surface area contributed by atoms with E-state index in [1.54, 1.807) is 24.3 Å². The van der Waals surface area contributed by atoms with Crippen molar-refractivity contribution in [2.45, 2.75) is 13.8 Å². The van der Waals surface area contributed by atoms with E-state index in [-0.39, 0.29) is 33.8 Å². The van der Waals surface area contributed by atoms with Gasteiger partial charge in [0, 0.05) is 5.69 Å². The van der Waals surface area contributed by atoms with Crippen LogP contribution in [-0.2, 0) is 14.4 Å². The Morgan fingerprint density at radius 1 is 1.00 bits per heavy atom. The second-order valence-electron chi connectivity index (χ2n) is 8.28. The third kappa shape index (κ3) is 5.99. The number of carbonyl (C=O) groups excluding carboxylic acids is 4. The molecule has 1 aliphatic rings. The third-order valence-electron chi connectivity index (χ3n) is 5.46. The summed E-state index contributed by atoms with van der Waals surface area (Å²) in [5.41, 5.74) is 3.06. The average molecular weight is 538 g/mol. The first-order valence-corrected chi connectivity index (χ1v) is 11.8. The van der Waals surface area contributed by atoms with Crippen molar-refractivity contribution in [1.29, 1.82) is 0 Å². The number of carbonyl (C=O) groups is 4. The van der Waals surface area contributed by atoms with Crippen LogP contribution in [0.2, 0.25) is 10.0 Å².